The Morgan fingerprint density at radius 2 is 2.13 bits per heavy atom. The average Bonchev–Trinajstić information content (AvgIpc) is 2.60. The van der Waals surface area contributed by atoms with Crippen LogP contribution < -0.4 is 0 Å². The zero-order valence-corrected chi connectivity index (χ0v) is 10.7. The Morgan fingerprint density at radius 3 is 2.73 bits per heavy atom. The lowest BCUT2D eigenvalue weighted by Gasteiger charge is -2.05. The van der Waals surface area contributed by atoms with Crippen LogP contribution in [0.5, 0.6) is 0 Å². The number of aromatic nitrogens is 2. The summed E-state index contributed by atoms with van der Waals surface area (Å²) >= 11 is 8.80. The average molecular weight is 283 g/mol. The predicted octanol–water partition coefficient (Wildman–Crippen LogP) is 3.86. The topological polar surface area (TPSA) is 20.7 Å². The van der Waals surface area contributed by atoms with Crippen molar-refractivity contribution in [3.63, 3.8) is 0 Å². The molecule has 2 nitrogen and oxygen atoms in total. The van der Waals surface area contributed by atoms with Crippen LogP contribution in [0.2, 0.25) is 0 Å². The number of nitrogens with zero attached hydrogens (tertiary/aromatic N) is 1. The van der Waals surface area contributed by atoms with Crippen LogP contribution in [0.4, 0.5) is 0 Å². The van der Waals surface area contributed by atoms with E-state index in [-0.39, 0.29) is 0 Å². The first kappa shape index (κ1) is 10.6. The number of nitrogens with one attached hydrogen (secondary N) is 1. The second-order valence-electron chi connectivity index (χ2n) is 3.26. The molecule has 0 fully saturated rings. The molecule has 0 aliphatic carbocycles. The highest BCUT2D eigenvalue weighted by molar-refractivity contribution is 9.10. The van der Waals surface area contributed by atoms with Crippen LogP contribution >= 0.6 is 28.1 Å². The van der Waals surface area contributed by atoms with Gasteiger partial charge in [0.25, 0.3) is 0 Å². The standard InChI is InChI=1S/C11H11BrN2S/c1-2-8-7-11(15)14(13-8)10-6-4-3-5-9(10)12/h3-7,13H,2H2,1H3. The first-order valence-electron chi connectivity index (χ1n) is 4.78. The van der Waals surface area contributed by atoms with E-state index in [9.17, 15) is 0 Å². The van der Waals surface area contributed by atoms with E-state index in [0.29, 0.717) is 0 Å². The summed E-state index contributed by atoms with van der Waals surface area (Å²) in [5, 5.41) is 3.27. The molecule has 2 rings (SSSR count). The largest absolute Gasteiger partial charge is 0.297 e. The van der Waals surface area contributed by atoms with Crippen molar-refractivity contribution in [2.75, 3.05) is 0 Å². The van der Waals surface area contributed by atoms with Crippen LogP contribution in [0.3, 0.4) is 0 Å². The molecule has 1 aromatic heterocycles. The van der Waals surface area contributed by atoms with Crippen molar-refractivity contribution in [3.05, 3.63) is 45.1 Å². The highest BCUT2D eigenvalue weighted by Gasteiger charge is 2.04. The molecular formula is C11H11BrN2S. The Balaban J connectivity index is 2.59. The zero-order chi connectivity index (χ0) is 10.8. The Kier molecular flexibility index (Phi) is 3.07. The zero-order valence-electron chi connectivity index (χ0n) is 8.33. The van der Waals surface area contributed by atoms with E-state index in [1.165, 1.54) is 0 Å². The van der Waals surface area contributed by atoms with Crippen molar-refractivity contribution in [2.24, 2.45) is 0 Å². The minimum Gasteiger partial charge on any atom is -0.297 e. The van der Waals surface area contributed by atoms with Gasteiger partial charge >= 0.3 is 0 Å². The van der Waals surface area contributed by atoms with Gasteiger partial charge in [0.2, 0.25) is 0 Å². The third-order valence-corrected chi connectivity index (χ3v) is 3.22. The van der Waals surface area contributed by atoms with Crippen LogP contribution in [-0.2, 0) is 6.42 Å². The molecule has 1 aromatic carbocycles. The molecule has 1 heterocycles. The number of aryl methyl sites for hydroxylation is 1. The second kappa shape index (κ2) is 4.33. The number of halogens is 1. The van der Waals surface area contributed by atoms with Gasteiger partial charge in [-0.05, 0) is 40.5 Å². The maximum atomic E-state index is 5.29. The van der Waals surface area contributed by atoms with Gasteiger partial charge in [0.05, 0.1) is 5.69 Å². The molecule has 15 heavy (non-hydrogen) atoms. The maximum Gasteiger partial charge on any atom is 0.128 e. The summed E-state index contributed by atoms with van der Waals surface area (Å²) in [5.41, 5.74) is 2.19. The monoisotopic (exact) mass is 282 g/mol. The normalized spacial score (nSPS) is 10.5. The number of H-pyrrole nitrogens is 1. The van der Waals surface area contributed by atoms with E-state index in [2.05, 4.69) is 28.0 Å². The molecule has 78 valence electrons. The Hall–Kier alpha value is -0.870. The Labute approximate surface area is 102 Å². The molecule has 0 radical (unpaired) electrons. The van der Waals surface area contributed by atoms with Crippen molar-refractivity contribution in [2.45, 2.75) is 13.3 Å². The fraction of sp³-hybridized carbons (Fsp3) is 0.182. The summed E-state index contributed by atoms with van der Waals surface area (Å²) in [5.74, 6) is 0. The van der Waals surface area contributed by atoms with Crippen molar-refractivity contribution in [1.29, 1.82) is 0 Å². The van der Waals surface area contributed by atoms with Gasteiger partial charge in [0.15, 0.2) is 0 Å². The summed E-state index contributed by atoms with van der Waals surface area (Å²) in [6, 6.07) is 10.0. The lowest BCUT2D eigenvalue weighted by atomic mass is 10.3. The number of aromatic amines is 1. The number of para-hydroxylation sites is 1. The van der Waals surface area contributed by atoms with E-state index in [1.54, 1.807) is 0 Å². The van der Waals surface area contributed by atoms with E-state index in [1.807, 2.05) is 35.0 Å². The van der Waals surface area contributed by atoms with Gasteiger partial charge in [0.1, 0.15) is 4.64 Å². The molecule has 0 aliphatic rings. The highest BCUT2D eigenvalue weighted by Crippen LogP contribution is 2.20. The Morgan fingerprint density at radius 1 is 1.40 bits per heavy atom. The maximum absolute atomic E-state index is 5.29. The van der Waals surface area contributed by atoms with Gasteiger partial charge in [-0.25, -0.2) is 4.68 Å². The molecular weight excluding hydrogens is 272 g/mol. The fourth-order valence-corrected chi connectivity index (χ4v) is 2.19. The van der Waals surface area contributed by atoms with Gasteiger partial charge in [-0.3, -0.25) is 5.10 Å². The third kappa shape index (κ3) is 2.06. The summed E-state index contributed by atoms with van der Waals surface area (Å²) in [6.45, 7) is 2.10. The third-order valence-electron chi connectivity index (χ3n) is 2.25. The van der Waals surface area contributed by atoms with Crippen molar-refractivity contribution in [3.8, 4) is 5.69 Å². The molecule has 0 aliphatic heterocycles. The molecule has 0 amide bonds. The quantitative estimate of drug-likeness (QED) is 0.830. The summed E-state index contributed by atoms with van der Waals surface area (Å²) in [7, 11) is 0. The van der Waals surface area contributed by atoms with Crippen LogP contribution in [0.15, 0.2) is 34.8 Å². The van der Waals surface area contributed by atoms with Gasteiger partial charge in [-0.1, -0.05) is 31.3 Å². The number of hydrogen-bond donors (Lipinski definition) is 1. The number of rotatable bonds is 2. The first-order chi connectivity index (χ1) is 7.22. The van der Waals surface area contributed by atoms with Crippen molar-refractivity contribution < 1.29 is 0 Å². The van der Waals surface area contributed by atoms with Crippen LogP contribution in [0.1, 0.15) is 12.6 Å². The number of benzene rings is 1. The molecule has 0 bridgehead atoms. The first-order valence-corrected chi connectivity index (χ1v) is 5.98. The van der Waals surface area contributed by atoms with Gasteiger partial charge in [0, 0.05) is 10.2 Å². The summed E-state index contributed by atoms with van der Waals surface area (Å²) in [6.07, 6.45) is 0.959. The molecule has 0 spiro atoms. The smallest absolute Gasteiger partial charge is 0.128 e. The molecule has 0 saturated heterocycles. The SMILES string of the molecule is CCc1cc(=S)n(-c2ccccc2Br)[nH]1. The van der Waals surface area contributed by atoms with Gasteiger partial charge < -0.3 is 0 Å². The molecule has 4 heteroatoms. The Bertz CT molecular complexity index is 527. The summed E-state index contributed by atoms with van der Waals surface area (Å²) in [4.78, 5) is 0. The molecule has 0 saturated carbocycles. The lowest BCUT2D eigenvalue weighted by molar-refractivity contribution is 0.830. The minimum absolute atomic E-state index is 0.804. The van der Waals surface area contributed by atoms with Gasteiger partial charge in [-0.15, -0.1) is 0 Å². The highest BCUT2D eigenvalue weighted by atomic mass is 79.9. The van der Waals surface area contributed by atoms with E-state index >= 15 is 0 Å². The van der Waals surface area contributed by atoms with Crippen molar-refractivity contribution in [1.82, 2.24) is 9.78 Å². The van der Waals surface area contributed by atoms with Gasteiger partial charge in [-0.2, -0.15) is 0 Å². The minimum atomic E-state index is 0.804. The lowest BCUT2D eigenvalue weighted by Crippen LogP contribution is -1.97. The molecule has 2 aromatic rings. The molecule has 1 N–H and O–H groups in total. The number of hydrogen-bond acceptors (Lipinski definition) is 1. The van der Waals surface area contributed by atoms with Crippen molar-refractivity contribution >= 4 is 28.1 Å². The molecule has 0 atom stereocenters. The van der Waals surface area contributed by atoms with Crippen LogP contribution in [0, 0.1) is 4.64 Å². The van der Waals surface area contributed by atoms with E-state index in [0.717, 1.165) is 26.9 Å². The van der Waals surface area contributed by atoms with E-state index in [4.69, 9.17) is 12.2 Å². The van der Waals surface area contributed by atoms with Crippen LogP contribution in [0.25, 0.3) is 5.69 Å². The van der Waals surface area contributed by atoms with E-state index < -0.39 is 0 Å². The molecule has 0 unspecified atom stereocenters. The van der Waals surface area contributed by atoms with Crippen LogP contribution in [-0.4, -0.2) is 9.78 Å². The second-order valence-corrected chi connectivity index (χ2v) is 4.53. The predicted molar refractivity (Wildman–Crippen MR) is 68.0 cm³/mol. The fourth-order valence-electron chi connectivity index (χ4n) is 1.44. The summed E-state index contributed by atoms with van der Waals surface area (Å²) < 4.78 is 3.75.